The molecule has 17 N–H and O–H groups in total. The second-order valence-electron chi connectivity index (χ2n) is 22.7. The fraction of sp³-hybridized carbons (Fsp3) is 0.523. The van der Waals surface area contributed by atoms with E-state index in [1.807, 2.05) is 0 Å². The van der Waals surface area contributed by atoms with E-state index in [1.165, 1.54) is 49.4 Å². The Bertz CT molecular complexity index is 3310. The van der Waals surface area contributed by atoms with Gasteiger partial charge in [0.1, 0.15) is 67.4 Å². The number of carboxylic acids is 7. The number of nitrogens with one attached hydrogen (secondary N) is 9. The Kier molecular flexibility index (Phi) is 43.8. The molecule has 0 heterocycles. The molecule has 0 bridgehead atoms. The van der Waals surface area contributed by atoms with Crippen LogP contribution in [0.3, 0.4) is 0 Å². The fourth-order valence-corrected chi connectivity index (χ4v) is 8.83. The van der Waals surface area contributed by atoms with Gasteiger partial charge in [0.15, 0.2) is 5.78 Å². The number of aromatic hydroxyl groups is 1. The Morgan fingerprint density at radius 1 is 0.352 bits per heavy atom. The average molecular weight is 1490 g/mol. The van der Waals surface area contributed by atoms with Crippen molar-refractivity contribution in [2.24, 2.45) is 0 Å². The van der Waals surface area contributed by atoms with E-state index >= 15 is 0 Å². The Labute approximate surface area is 599 Å². The van der Waals surface area contributed by atoms with Crippen molar-refractivity contribution >= 4 is 113 Å². The Morgan fingerprint density at radius 2 is 0.648 bits per heavy atom. The minimum atomic E-state index is -1.59. The predicted octanol–water partition coefficient (Wildman–Crippen LogP) is -2.99. The number of hydrogen-bond acceptors (Lipinski definition) is 24. The second-order valence-corrected chi connectivity index (χ2v) is 22.7. The van der Waals surface area contributed by atoms with Gasteiger partial charge in [-0.2, -0.15) is 0 Å². The summed E-state index contributed by atoms with van der Waals surface area (Å²) in [6, 6.07) is 0.611. The number of hydrogen-bond donors (Lipinski definition) is 17. The molecule has 0 spiro atoms. The Hall–Kier alpha value is -11.1. The molecule has 40 heteroatoms. The van der Waals surface area contributed by atoms with Crippen LogP contribution in [0.2, 0.25) is 0 Å². The monoisotopic (exact) mass is 1490 g/mol. The van der Waals surface area contributed by atoms with E-state index in [9.17, 15) is 122 Å². The highest BCUT2D eigenvalue weighted by Gasteiger charge is 2.32. The first-order chi connectivity index (χ1) is 49.8. The van der Waals surface area contributed by atoms with Crippen molar-refractivity contribution in [3.8, 4) is 5.75 Å². The first-order valence-electron chi connectivity index (χ1n) is 32.6. The maximum Gasteiger partial charge on any atom is 0.339 e. The van der Waals surface area contributed by atoms with Crippen LogP contribution in [0.15, 0.2) is 42.5 Å². The van der Waals surface area contributed by atoms with E-state index in [0.29, 0.717) is 11.1 Å². The van der Waals surface area contributed by atoms with Crippen LogP contribution in [0.5, 0.6) is 5.75 Å². The number of rotatable bonds is 58. The lowest BCUT2D eigenvalue weighted by molar-refractivity contribution is -0.140. The molecule has 0 radical (unpaired) electrons. The molecule has 0 aromatic heterocycles. The summed E-state index contributed by atoms with van der Waals surface area (Å²) >= 11 is 0. The van der Waals surface area contributed by atoms with Crippen LogP contribution in [0, 0.1) is 0 Å². The van der Waals surface area contributed by atoms with Crippen molar-refractivity contribution < 1.29 is 151 Å². The van der Waals surface area contributed by atoms with Gasteiger partial charge in [0.2, 0.25) is 47.3 Å². The van der Waals surface area contributed by atoms with Gasteiger partial charge in [-0.3, -0.25) is 76.7 Å². The molecule has 2 aromatic rings. The molecule has 105 heavy (non-hydrogen) atoms. The Morgan fingerprint density at radius 3 is 0.971 bits per heavy atom. The number of benzene rings is 2. The summed E-state index contributed by atoms with van der Waals surface area (Å²) in [4.78, 5) is 210. The maximum absolute atomic E-state index is 13.5. The zero-order chi connectivity index (χ0) is 78.2. The summed E-state index contributed by atoms with van der Waals surface area (Å²) in [5, 5.41) is 96.3. The molecule has 0 saturated carbocycles. The van der Waals surface area contributed by atoms with Gasteiger partial charge in [0, 0.05) is 63.7 Å². The van der Waals surface area contributed by atoms with E-state index in [4.69, 9.17) is 28.4 Å². The third-order valence-electron chi connectivity index (χ3n) is 14.1. The van der Waals surface area contributed by atoms with Gasteiger partial charge in [0.05, 0.1) is 59.5 Å². The van der Waals surface area contributed by atoms with Crippen LogP contribution in [0.25, 0.3) is 12.2 Å². The highest BCUT2D eigenvalue weighted by Crippen LogP contribution is 2.20. The summed E-state index contributed by atoms with van der Waals surface area (Å²) in [6.07, 6.45) is -3.22. The van der Waals surface area contributed by atoms with Crippen molar-refractivity contribution in [2.45, 2.75) is 120 Å². The van der Waals surface area contributed by atoms with Gasteiger partial charge < -0.3 is 117 Å². The number of ketones is 1. The maximum atomic E-state index is 13.5. The number of aromatic carboxylic acids is 1. The number of carbonyl (C=O) groups excluding carboxylic acids is 10. The number of Topliss-reactive ketones (excluding diaryl/α,β-unsaturated/α-hetero) is 1. The Balaban J connectivity index is 1.89. The molecule has 580 valence electrons. The highest BCUT2D eigenvalue weighted by atomic mass is 16.5. The number of aliphatic carboxylic acids is 6. The first kappa shape index (κ1) is 90.0. The van der Waals surface area contributed by atoms with Crippen LogP contribution in [-0.2, 0) is 100 Å². The minimum absolute atomic E-state index is 0.0167. The van der Waals surface area contributed by atoms with E-state index in [1.54, 1.807) is 12.2 Å². The predicted molar refractivity (Wildman–Crippen MR) is 357 cm³/mol. The van der Waals surface area contributed by atoms with Gasteiger partial charge in [-0.1, -0.05) is 30.4 Å². The second kappa shape index (κ2) is 51.1. The standard InChI is InChI=1S/C65H89N9O31/c1-38(75)35-103-31-28-100-25-22-66-59(92)43(9-16-52(79)80)72-62(95)46(12-19-55(85)86)69-50(77)36-104-32-29-101-26-23-67-60(93)44(10-17-53(81)82)73-63(96)47(13-20-56(87)88)70-51(78)37-105-33-30-102-27-24-68-61(94)45(11-18-54(83)84)74-64(97)48(14-21-57(89)90)71-58(91)41-7-4-39(5-8-41)2-3-40-6-15-49(76)42(34-40)65(98)99/h2-8,15,34,43-48,76H,9-14,16-33,35-37H2,1H3,(H,66,92)(H,67,93)(H,68,94)(H,69,77)(H,70,78)(H,71,91)(H,72,95)(H,73,96)(H,74,97)(H,79,80)(H,81,82)(H,83,84)(H,85,86)(H,87,88)(H,89,90)(H,98,99)/b3-2+/t43-,44-,45-,46-,47-,48-/m0/s1. The third kappa shape index (κ3) is 41.6. The fourth-order valence-electron chi connectivity index (χ4n) is 8.83. The van der Waals surface area contributed by atoms with Gasteiger partial charge >= 0.3 is 41.8 Å². The van der Waals surface area contributed by atoms with Gasteiger partial charge in [-0.25, -0.2) is 4.79 Å². The number of amides is 9. The van der Waals surface area contributed by atoms with Gasteiger partial charge in [0.25, 0.3) is 5.91 Å². The summed E-state index contributed by atoms with van der Waals surface area (Å²) < 4.78 is 31.7. The largest absolute Gasteiger partial charge is 0.507 e. The number of ether oxygens (including phenoxy) is 6. The molecule has 0 aliphatic carbocycles. The van der Waals surface area contributed by atoms with Gasteiger partial charge in [-0.15, -0.1) is 0 Å². The number of carbonyl (C=O) groups is 17. The van der Waals surface area contributed by atoms with Gasteiger partial charge in [-0.05, 0) is 80.8 Å². The molecule has 2 aromatic carbocycles. The van der Waals surface area contributed by atoms with E-state index in [-0.39, 0.29) is 109 Å². The molecule has 2 rings (SSSR count). The molecule has 0 fully saturated rings. The quantitative estimate of drug-likeness (QED) is 0.0232. The number of carboxylic acid groups (broad SMARTS) is 7. The summed E-state index contributed by atoms with van der Waals surface area (Å²) in [5.74, 6) is -18.3. The molecule has 0 aliphatic rings. The molecule has 40 nitrogen and oxygen atoms in total. The zero-order valence-electron chi connectivity index (χ0n) is 57.2. The van der Waals surface area contributed by atoms with Crippen LogP contribution >= 0.6 is 0 Å². The van der Waals surface area contributed by atoms with Crippen LogP contribution in [0.4, 0.5) is 0 Å². The van der Waals surface area contributed by atoms with E-state index in [2.05, 4.69) is 47.9 Å². The van der Waals surface area contributed by atoms with Crippen molar-refractivity contribution in [2.75, 3.05) is 98.9 Å². The lowest BCUT2D eigenvalue weighted by atomic mass is 10.1. The highest BCUT2D eigenvalue weighted by molar-refractivity contribution is 5.99. The van der Waals surface area contributed by atoms with Crippen LogP contribution < -0.4 is 47.9 Å². The smallest absolute Gasteiger partial charge is 0.339 e. The lowest BCUT2D eigenvalue weighted by Crippen LogP contribution is -2.54. The zero-order valence-corrected chi connectivity index (χ0v) is 57.2. The summed E-state index contributed by atoms with van der Waals surface area (Å²) in [5.41, 5.74) is 0.707. The van der Waals surface area contributed by atoms with E-state index < -0.39 is 221 Å². The summed E-state index contributed by atoms with van der Waals surface area (Å²) in [6.45, 7) is -1.89. The van der Waals surface area contributed by atoms with E-state index in [0.717, 1.165) is 0 Å². The molecule has 0 aliphatic heterocycles. The number of phenols is 1. The molecular weight excluding hydrogens is 1400 g/mol. The van der Waals surface area contributed by atoms with Crippen LogP contribution in [0.1, 0.15) is 116 Å². The first-order valence-corrected chi connectivity index (χ1v) is 32.6. The molecule has 9 amide bonds. The third-order valence-corrected chi connectivity index (χ3v) is 14.1. The van der Waals surface area contributed by atoms with Crippen molar-refractivity contribution in [3.05, 3.63) is 64.7 Å². The molecule has 0 saturated heterocycles. The molecule has 0 unspecified atom stereocenters. The van der Waals surface area contributed by atoms with Crippen LogP contribution in [-0.4, -0.2) is 277 Å². The van der Waals surface area contributed by atoms with Crippen molar-refractivity contribution in [3.63, 3.8) is 0 Å². The average Bonchev–Trinajstić information content (AvgIpc) is 0.858. The SMILES string of the molecule is CC(=O)COCCOCCNC(=O)[C@H](CCC(=O)O)NC(=O)[C@H](CCC(=O)O)NC(=O)COCCOCCNC(=O)[C@H](CCC(=O)O)NC(=O)[C@H](CCC(=O)O)NC(=O)COCCOCCNC(=O)[C@H](CCC(=O)O)NC(=O)[C@H](CCC(=O)O)NC(=O)c1ccc(/C=C/c2ccc(O)c(C(=O)O)c2)cc1. The minimum Gasteiger partial charge on any atom is -0.507 e. The summed E-state index contributed by atoms with van der Waals surface area (Å²) in [7, 11) is 0. The molecule has 6 atom stereocenters. The lowest BCUT2D eigenvalue weighted by Gasteiger charge is -2.23. The van der Waals surface area contributed by atoms with Crippen molar-refractivity contribution in [1.82, 2.24) is 47.9 Å². The topological polar surface area (TPSA) is 616 Å². The van der Waals surface area contributed by atoms with Crippen molar-refractivity contribution in [1.29, 1.82) is 0 Å². The normalized spacial score (nSPS) is 12.7. The molecular formula is C65H89N9O31.